The molecule has 0 unspecified atom stereocenters. The Bertz CT molecular complexity index is 507. The molecule has 0 amide bonds. The number of tetrazole rings is 1. The summed E-state index contributed by atoms with van der Waals surface area (Å²) in [6, 6.07) is 6.91. The van der Waals surface area contributed by atoms with Gasteiger partial charge in [-0.1, -0.05) is 6.92 Å². The van der Waals surface area contributed by atoms with Crippen molar-refractivity contribution in [1.29, 1.82) is 0 Å². The Kier molecular flexibility index (Phi) is 4.01. The molecule has 1 heterocycles. The van der Waals surface area contributed by atoms with Gasteiger partial charge in [0.25, 0.3) is 0 Å². The molecule has 0 atom stereocenters. The van der Waals surface area contributed by atoms with Crippen LogP contribution in [0.2, 0.25) is 0 Å². The van der Waals surface area contributed by atoms with Gasteiger partial charge < -0.3 is 4.74 Å². The number of carbonyl (C=O) groups is 1. The molecule has 1 aromatic carbocycles. The van der Waals surface area contributed by atoms with Crippen molar-refractivity contribution >= 4 is 6.29 Å². The number of aldehydes is 1. The zero-order chi connectivity index (χ0) is 12.8. The minimum absolute atomic E-state index is 0.313. The van der Waals surface area contributed by atoms with E-state index in [0.717, 1.165) is 19.3 Å². The molecule has 1 aromatic heterocycles. The fourth-order valence-corrected chi connectivity index (χ4v) is 1.50. The van der Waals surface area contributed by atoms with Gasteiger partial charge in [-0.15, -0.1) is 5.10 Å². The van der Waals surface area contributed by atoms with Crippen molar-refractivity contribution in [3.63, 3.8) is 0 Å². The van der Waals surface area contributed by atoms with E-state index < -0.39 is 0 Å². The third kappa shape index (κ3) is 2.91. The number of hydrogen-bond donors (Lipinski definition) is 0. The topological polar surface area (TPSA) is 69.9 Å². The maximum atomic E-state index is 10.5. The lowest BCUT2D eigenvalue weighted by Gasteiger charge is -2.06. The maximum absolute atomic E-state index is 10.5. The molecule has 18 heavy (non-hydrogen) atoms. The lowest BCUT2D eigenvalue weighted by molar-refractivity contribution is 0.112. The largest absolute Gasteiger partial charge is 0.486 e. The first kappa shape index (κ1) is 12.2. The molecule has 0 bridgehead atoms. The van der Waals surface area contributed by atoms with Crippen LogP contribution in [0.15, 0.2) is 24.3 Å². The van der Waals surface area contributed by atoms with Gasteiger partial charge >= 0.3 is 0 Å². The van der Waals surface area contributed by atoms with Crippen molar-refractivity contribution in [2.24, 2.45) is 0 Å². The van der Waals surface area contributed by atoms with Crippen LogP contribution in [-0.4, -0.2) is 26.5 Å². The Morgan fingerprint density at radius 3 is 2.78 bits per heavy atom. The van der Waals surface area contributed by atoms with Gasteiger partial charge in [0.15, 0.2) is 5.82 Å². The second-order valence-corrected chi connectivity index (χ2v) is 3.79. The number of aryl methyl sites for hydroxylation is 1. The van der Waals surface area contributed by atoms with Crippen LogP contribution in [0.4, 0.5) is 0 Å². The van der Waals surface area contributed by atoms with E-state index in [4.69, 9.17) is 4.74 Å². The summed E-state index contributed by atoms with van der Waals surface area (Å²) in [6.45, 7) is 3.15. The molecule has 0 saturated carbocycles. The van der Waals surface area contributed by atoms with E-state index in [2.05, 4.69) is 22.4 Å². The minimum Gasteiger partial charge on any atom is -0.486 e. The number of ether oxygens (including phenoxy) is 1. The summed E-state index contributed by atoms with van der Waals surface area (Å²) in [4.78, 5) is 10.5. The van der Waals surface area contributed by atoms with Crippen molar-refractivity contribution in [3.8, 4) is 5.75 Å². The van der Waals surface area contributed by atoms with Crippen LogP contribution in [0.25, 0.3) is 0 Å². The van der Waals surface area contributed by atoms with Crippen molar-refractivity contribution in [3.05, 3.63) is 35.7 Å². The third-order valence-corrected chi connectivity index (χ3v) is 2.43. The highest BCUT2D eigenvalue weighted by molar-refractivity contribution is 5.74. The van der Waals surface area contributed by atoms with Crippen LogP contribution in [-0.2, 0) is 13.2 Å². The molecule has 0 aliphatic carbocycles. The third-order valence-electron chi connectivity index (χ3n) is 2.43. The first-order chi connectivity index (χ1) is 8.83. The van der Waals surface area contributed by atoms with Crippen LogP contribution >= 0.6 is 0 Å². The molecule has 0 fully saturated rings. The molecule has 2 aromatic rings. The summed E-state index contributed by atoms with van der Waals surface area (Å²) < 4.78 is 7.28. The number of carbonyl (C=O) groups excluding carboxylic acids is 1. The Labute approximate surface area is 105 Å². The normalized spacial score (nSPS) is 10.3. The highest BCUT2D eigenvalue weighted by atomic mass is 16.5. The Hall–Kier alpha value is -2.24. The highest BCUT2D eigenvalue weighted by Crippen LogP contribution is 2.12. The fraction of sp³-hybridized carbons (Fsp3) is 0.333. The number of aromatic nitrogens is 4. The Morgan fingerprint density at radius 2 is 2.11 bits per heavy atom. The number of benzene rings is 1. The van der Waals surface area contributed by atoms with Crippen LogP contribution < -0.4 is 4.74 Å². The molecule has 0 aliphatic heterocycles. The Morgan fingerprint density at radius 1 is 1.33 bits per heavy atom. The standard InChI is InChI=1S/C12H14N4O2/c1-2-7-16-12(13-14-15-16)9-18-11-5-3-10(8-17)4-6-11/h3-6,8H,2,7,9H2,1H3. The fourth-order valence-electron chi connectivity index (χ4n) is 1.50. The van der Waals surface area contributed by atoms with Gasteiger partial charge in [0, 0.05) is 12.1 Å². The summed E-state index contributed by atoms with van der Waals surface area (Å²) in [5, 5.41) is 11.4. The van der Waals surface area contributed by atoms with E-state index in [1.54, 1.807) is 28.9 Å². The van der Waals surface area contributed by atoms with Crippen molar-refractivity contribution in [2.75, 3.05) is 0 Å². The molecule has 0 radical (unpaired) electrons. The van der Waals surface area contributed by atoms with Gasteiger partial charge in [0.2, 0.25) is 0 Å². The molecule has 94 valence electrons. The molecule has 6 heteroatoms. The molecule has 0 spiro atoms. The zero-order valence-corrected chi connectivity index (χ0v) is 10.1. The second-order valence-electron chi connectivity index (χ2n) is 3.79. The highest BCUT2D eigenvalue weighted by Gasteiger charge is 2.05. The molecule has 0 saturated heterocycles. The molecular weight excluding hydrogens is 232 g/mol. The van der Waals surface area contributed by atoms with Crippen molar-refractivity contribution in [2.45, 2.75) is 26.5 Å². The summed E-state index contributed by atoms with van der Waals surface area (Å²) >= 11 is 0. The minimum atomic E-state index is 0.313. The van der Waals surface area contributed by atoms with E-state index >= 15 is 0 Å². The smallest absolute Gasteiger partial charge is 0.189 e. The van der Waals surface area contributed by atoms with Gasteiger partial charge in [-0.2, -0.15) is 0 Å². The molecule has 0 N–H and O–H groups in total. The predicted octanol–water partition coefficient (Wildman–Crippen LogP) is 1.47. The van der Waals surface area contributed by atoms with Gasteiger partial charge in [-0.25, -0.2) is 4.68 Å². The van der Waals surface area contributed by atoms with E-state index in [9.17, 15) is 4.79 Å². The van der Waals surface area contributed by atoms with Crippen molar-refractivity contribution < 1.29 is 9.53 Å². The number of hydrogen-bond acceptors (Lipinski definition) is 5. The predicted molar refractivity (Wildman–Crippen MR) is 64.3 cm³/mol. The van der Waals surface area contributed by atoms with E-state index in [-0.39, 0.29) is 0 Å². The summed E-state index contributed by atoms with van der Waals surface area (Å²) in [5.74, 6) is 1.38. The molecule has 0 aliphatic rings. The number of nitrogens with zero attached hydrogens (tertiary/aromatic N) is 4. The first-order valence-corrected chi connectivity index (χ1v) is 5.76. The Balaban J connectivity index is 1.97. The molecule has 2 rings (SSSR count). The molecular formula is C12H14N4O2. The summed E-state index contributed by atoms with van der Waals surface area (Å²) in [7, 11) is 0. The second kappa shape index (κ2) is 5.90. The van der Waals surface area contributed by atoms with Crippen LogP contribution in [0, 0.1) is 0 Å². The van der Waals surface area contributed by atoms with Crippen LogP contribution in [0.1, 0.15) is 29.5 Å². The summed E-state index contributed by atoms with van der Waals surface area (Å²) in [6.07, 6.45) is 1.76. The van der Waals surface area contributed by atoms with E-state index in [1.165, 1.54) is 0 Å². The van der Waals surface area contributed by atoms with E-state index in [1.807, 2.05) is 0 Å². The average molecular weight is 246 g/mol. The van der Waals surface area contributed by atoms with Gasteiger partial charge in [-0.05, 0) is 41.1 Å². The van der Waals surface area contributed by atoms with Crippen LogP contribution in [0.3, 0.4) is 0 Å². The van der Waals surface area contributed by atoms with Crippen LogP contribution in [0.5, 0.6) is 5.75 Å². The van der Waals surface area contributed by atoms with E-state index in [0.29, 0.717) is 23.7 Å². The quantitative estimate of drug-likeness (QED) is 0.722. The zero-order valence-electron chi connectivity index (χ0n) is 10.1. The molecule has 6 nitrogen and oxygen atoms in total. The van der Waals surface area contributed by atoms with Gasteiger partial charge in [0.1, 0.15) is 18.6 Å². The maximum Gasteiger partial charge on any atom is 0.189 e. The van der Waals surface area contributed by atoms with Gasteiger partial charge in [0.05, 0.1) is 0 Å². The monoisotopic (exact) mass is 246 g/mol. The number of rotatable bonds is 6. The van der Waals surface area contributed by atoms with Gasteiger partial charge in [-0.3, -0.25) is 4.79 Å². The van der Waals surface area contributed by atoms with Crippen molar-refractivity contribution in [1.82, 2.24) is 20.2 Å². The lowest BCUT2D eigenvalue weighted by atomic mass is 10.2. The average Bonchev–Trinajstić information content (AvgIpc) is 2.85. The first-order valence-electron chi connectivity index (χ1n) is 5.76. The summed E-state index contributed by atoms with van der Waals surface area (Å²) in [5.41, 5.74) is 0.623. The lowest BCUT2D eigenvalue weighted by Crippen LogP contribution is -2.08. The SMILES string of the molecule is CCCn1nnnc1COc1ccc(C=O)cc1.